The number of nitrogens with zero attached hydrogens (tertiary/aromatic N) is 3. The average Bonchev–Trinajstić information content (AvgIpc) is 3.03. The molecule has 0 saturated carbocycles. The van der Waals surface area contributed by atoms with E-state index in [1.807, 2.05) is 6.20 Å². The van der Waals surface area contributed by atoms with Crippen molar-refractivity contribution in [1.29, 1.82) is 0 Å². The summed E-state index contributed by atoms with van der Waals surface area (Å²) in [4.78, 5) is 26.1. The fourth-order valence-electron chi connectivity index (χ4n) is 3.30. The number of fused-ring (bicyclic) bond motifs is 1. The molecule has 0 amide bonds. The van der Waals surface area contributed by atoms with E-state index in [9.17, 15) is 4.79 Å². The van der Waals surface area contributed by atoms with Gasteiger partial charge in [-0.05, 0) is 18.4 Å². The van der Waals surface area contributed by atoms with Gasteiger partial charge < -0.3 is 19.4 Å². The molecule has 1 aliphatic rings. The molecule has 7 nitrogen and oxygen atoms in total. The van der Waals surface area contributed by atoms with Crippen LogP contribution >= 0.6 is 0 Å². The molecular weight excluding hydrogens is 296 g/mol. The zero-order chi connectivity index (χ0) is 16.4. The van der Waals surface area contributed by atoms with Crippen LogP contribution in [0.2, 0.25) is 0 Å². The van der Waals surface area contributed by atoms with Gasteiger partial charge in [0, 0.05) is 26.4 Å². The van der Waals surface area contributed by atoms with E-state index in [4.69, 9.17) is 9.47 Å². The van der Waals surface area contributed by atoms with Gasteiger partial charge in [0.05, 0.1) is 24.5 Å². The summed E-state index contributed by atoms with van der Waals surface area (Å²) in [5.41, 5.74) is 2.04. The Morgan fingerprint density at radius 3 is 2.96 bits per heavy atom. The van der Waals surface area contributed by atoms with Gasteiger partial charge in [0.25, 0.3) is 0 Å². The lowest BCUT2D eigenvalue weighted by atomic mass is 9.93. The molecule has 2 atom stereocenters. The van der Waals surface area contributed by atoms with Crippen molar-refractivity contribution in [3.63, 3.8) is 0 Å². The topological polar surface area (TPSA) is 80.3 Å². The molecule has 1 aliphatic heterocycles. The summed E-state index contributed by atoms with van der Waals surface area (Å²) < 4.78 is 10.4. The van der Waals surface area contributed by atoms with E-state index in [-0.39, 0.29) is 18.0 Å². The van der Waals surface area contributed by atoms with Crippen LogP contribution in [0.4, 0.5) is 5.82 Å². The second-order valence-electron chi connectivity index (χ2n) is 5.73. The lowest BCUT2D eigenvalue weighted by Crippen LogP contribution is -2.48. The Morgan fingerprint density at radius 2 is 2.26 bits per heavy atom. The van der Waals surface area contributed by atoms with E-state index in [0.29, 0.717) is 13.0 Å². The number of anilines is 1. The molecular formula is C16H22N4O3. The standard InChI is InChI=1S/C16H22N4O3/c1-4-10-7-17-14-13(10)15(19-9-18-14)20-6-5-11(16(21)23-3)12(8-20)22-2/h7,9,11-12H,4-6,8H2,1-3H3,(H,17,18,19). The van der Waals surface area contributed by atoms with Crippen molar-refractivity contribution in [2.24, 2.45) is 5.92 Å². The number of esters is 1. The zero-order valence-electron chi connectivity index (χ0n) is 13.7. The third kappa shape index (κ3) is 2.76. The maximum atomic E-state index is 11.9. The summed E-state index contributed by atoms with van der Waals surface area (Å²) in [6.45, 7) is 3.46. The van der Waals surface area contributed by atoms with Gasteiger partial charge in [0.1, 0.15) is 17.8 Å². The number of aromatic amines is 1. The highest BCUT2D eigenvalue weighted by Crippen LogP contribution is 2.31. The summed E-state index contributed by atoms with van der Waals surface area (Å²) in [5.74, 6) is 0.467. The average molecular weight is 318 g/mol. The van der Waals surface area contributed by atoms with E-state index < -0.39 is 0 Å². The van der Waals surface area contributed by atoms with Crippen molar-refractivity contribution in [2.45, 2.75) is 25.9 Å². The molecule has 7 heteroatoms. The van der Waals surface area contributed by atoms with E-state index >= 15 is 0 Å². The maximum Gasteiger partial charge on any atom is 0.311 e. The number of rotatable bonds is 4. The van der Waals surface area contributed by atoms with Gasteiger partial charge in [-0.15, -0.1) is 0 Å². The summed E-state index contributed by atoms with van der Waals surface area (Å²) >= 11 is 0. The first kappa shape index (κ1) is 15.7. The number of nitrogens with one attached hydrogen (secondary N) is 1. The van der Waals surface area contributed by atoms with Crippen LogP contribution < -0.4 is 4.90 Å². The lowest BCUT2D eigenvalue weighted by Gasteiger charge is -2.37. The van der Waals surface area contributed by atoms with Crippen LogP contribution in [-0.2, 0) is 20.7 Å². The highest BCUT2D eigenvalue weighted by molar-refractivity contribution is 5.91. The number of aryl methyl sites for hydroxylation is 1. The first-order chi connectivity index (χ1) is 11.2. The molecule has 0 spiro atoms. The molecule has 0 radical (unpaired) electrons. The fourth-order valence-corrected chi connectivity index (χ4v) is 3.30. The van der Waals surface area contributed by atoms with Crippen molar-refractivity contribution in [1.82, 2.24) is 15.0 Å². The number of hydrogen-bond donors (Lipinski definition) is 1. The summed E-state index contributed by atoms with van der Waals surface area (Å²) in [6.07, 6.45) is 4.94. The molecule has 0 aromatic carbocycles. The third-order valence-electron chi connectivity index (χ3n) is 4.58. The Kier molecular flexibility index (Phi) is 4.47. The molecule has 3 heterocycles. The van der Waals surface area contributed by atoms with Crippen LogP contribution in [0.25, 0.3) is 11.0 Å². The van der Waals surface area contributed by atoms with E-state index in [2.05, 4.69) is 26.8 Å². The predicted octanol–water partition coefficient (Wildman–Crippen LogP) is 1.53. The van der Waals surface area contributed by atoms with Gasteiger partial charge in [-0.2, -0.15) is 0 Å². The number of methoxy groups -OCH3 is 2. The minimum atomic E-state index is -0.226. The fraction of sp³-hybridized carbons (Fsp3) is 0.562. The van der Waals surface area contributed by atoms with Crippen LogP contribution in [0, 0.1) is 5.92 Å². The number of carbonyl (C=O) groups is 1. The van der Waals surface area contributed by atoms with Crippen LogP contribution in [-0.4, -0.2) is 54.3 Å². The summed E-state index contributed by atoms with van der Waals surface area (Å²) in [7, 11) is 3.05. The number of piperidine rings is 1. The van der Waals surface area contributed by atoms with Crippen LogP contribution in [0.1, 0.15) is 18.9 Å². The van der Waals surface area contributed by atoms with Crippen molar-refractivity contribution < 1.29 is 14.3 Å². The molecule has 1 saturated heterocycles. The Labute approximate surface area is 135 Å². The van der Waals surface area contributed by atoms with Crippen LogP contribution in [0.5, 0.6) is 0 Å². The third-order valence-corrected chi connectivity index (χ3v) is 4.58. The Morgan fingerprint density at radius 1 is 1.43 bits per heavy atom. The van der Waals surface area contributed by atoms with Crippen molar-refractivity contribution in [2.75, 3.05) is 32.2 Å². The number of ether oxygens (including phenoxy) is 2. The Hall–Kier alpha value is -2.15. The minimum Gasteiger partial charge on any atom is -0.469 e. The zero-order valence-corrected chi connectivity index (χ0v) is 13.7. The molecule has 1 fully saturated rings. The number of hydrogen-bond acceptors (Lipinski definition) is 6. The van der Waals surface area contributed by atoms with Gasteiger partial charge in [-0.1, -0.05) is 6.92 Å². The van der Waals surface area contributed by atoms with E-state index in [1.165, 1.54) is 12.7 Å². The van der Waals surface area contributed by atoms with Crippen molar-refractivity contribution in [3.05, 3.63) is 18.1 Å². The normalized spacial score (nSPS) is 21.6. The number of H-pyrrole nitrogens is 1. The number of aromatic nitrogens is 3. The first-order valence-corrected chi connectivity index (χ1v) is 7.86. The summed E-state index contributed by atoms with van der Waals surface area (Å²) in [5, 5.41) is 1.06. The smallest absolute Gasteiger partial charge is 0.311 e. The summed E-state index contributed by atoms with van der Waals surface area (Å²) in [6, 6.07) is 0. The van der Waals surface area contributed by atoms with Crippen molar-refractivity contribution in [3.8, 4) is 0 Å². The SMILES string of the molecule is CCc1c[nH]c2ncnc(N3CCC(C(=O)OC)C(OC)C3)c12. The molecule has 3 rings (SSSR count). The predicted molar refractivity (Wildman–Crippen MR) is 86.4 cm³/mol. The first-order valence-electron chi connectivity index (χ1n) is 7.86. The molecule has 0 bridgehead atoms. The molecule has 1 N–H and O–H groups in total. The van der Waals surface area contributed by atoms with Crippen LogP contribution in [0.3, 0.4) is 0 Å². The van der Waals surface area contributed by atoms with Gasteiger partial charge in [0.2, 0.25) is 0 Å². The largest absolute Gasteiger partial charge is 0.469 e. The Bertz CT molecular complexity index is 700. The molecule has 0 aliphatic carbocycles. The van der Waals surface area contributed by atoms with Crippen molar-refractivity contribution >= 4 is 22.8 Å². The Balaban J connectivity index is 1.92. The second-order valence-corrected chi connectivity index (χ2v) is 5.73. The molecule has 2 aromatic heterocycles. The van der Waals surface area contributed by atoms with Gasteiger partial charge in [-0.3, -0.25) is 4.79 Å². The lowest BCUT2D eigenvalue weighted by molar-refractivity contribution is -0.151. The second kappa shape index (κ2) is 6.54. The van der Waals surface area contributed by atoms with Gasteiger partial charge in [0.15, 0.2) is 0 Å². The maximum absolute atomic E-state index is 11.9. The highest BCUT2D eigenvalue weighted by atomic mass is 16.5. The number of carbonyl (C=O) groups excluding carboxylic acids is 1. The van der Waals surface area contributed by atoms with E-state index in [1.54, 1.807) is 13.4 Å². The van der Waals surface area contributed by atoms with Gasteiger partial charge in [-0.25, -0.2) is 9.97 Å². The van der Waals surface area contributed by atoms with Gasteiger partial charge >= 0.3 is 5.97 Å². The minimum absolute atomic E-state index is 0.203. The monoisotopic (exact) mass is 318 g/mol. The molecule has 2 unspecified atom stereocenters. The molecule has 2 aromatic rings. The highest BCUT2D eigenvalue weighted by Gasteiger charge is 2.36. The van der Waals surface area contributed by atoms with E-state index in [0.717, 1.165) is 29.8 Å². The molecule has 124 valence electrons. The molecule has 23 heavy (non-hydrogen) atoms. The quantitative estimate of drug-likeness (QED) is 0.861. The van der Waals surface area contributed by atoms with Crippen LogP contribution in [0.15, 0.2) is 12.5 Å².